The first kappa shape index (κ1) is 9.46. The largest absolute Gasteiger partial charge is 0.329 e. The van der Waals surface area contributed by atoms with E-state index in [1.54, 1.807) is 0 Å². The van der Waals surface area contributed by atoms with Crippen molar-refractivity contribution in [3.63, 3.8) is 0 Å². The minimum Gasteiger partial charge on any atom is -0.329 e. The van der Waals surface area contributed by atoms with Gasteiger partial charge >= 0.3 is 0 Å². The van der Waals surface area contributed by atoms with Gasteiger partial charge in [0.1, 0.15) is 0 Å². The summed E-state index contributed by atoms with van der Waals surface area (Å²) in [7, 11) is 0. The van der Waals surface area contributed by atoms with Gasteiger partial charge in [-0.25, -0.2) is 0 Å². The molecule has 0 aromatic rings. The van der Waals surface area contributed by atoms with Crippen LogP contribution in [0.25, 0.3) is 0 Å². The summed E-state index contributed by atoms with van der Waals surface area (Å²) in [4.78, 5) is 10.4. The van der Waals surface area contributed by atoms with Crippen LogP contribution in [0, 0.1) is 0 Å². The molecule has 0 aromatic carbocycles. The van der Waals surface area contributed by atoms with Gasteiger partial charge in [0.15, 0.2) is 0 Å². The molecule has 0 unspecified atom stereocenters. The van der Waals surface area contributed by atoms with Crippen molar-refractivity contribution in [2.75, 3.05) is 0 Å². The van der Waals surface area contributed by atoms with Gasteiger partial charge in [-0.3, -0.25) is 4.79 Å². The standard InChI is InChI=1S/C13H11NO/c15-10-14-13-8-4-7-11-5-2-1-3-6-12(11)9-13/h1-10H,(H,14,15). The highest BCUT2D eigenvalue weighted by Gasteiger charge is 2.03. The Morgan fingerprint density at radius 2 is 1.80 bits per heavy atom. The summed E-state index contributed by atoms with van der Waals surface area (Å²) in [6.45, 7) is 0. The number of hydrogen-bond acceptors (Lipinski definition) is 1. The van der Waals surface area contributed by atoms with Crippen LogP contribution in [0.2, 0.25) is 0 Å². The second-order valence-electron chi connectivity index (χ2n) is 3.21. The third-order valence-corrected chi connectivity index (χ3v) is 2.20. The lowest BCUT2D eigenvalue weighted by atomic mass is 10.1. The molecular formula is C13H11NO. The Morgan fingerprint density at radius 3 is 2.67 bits per heavy atom. The molecule has 0 aliphatic heterocycles. The van der Waals surface area contributed by atoms with Crippen LogP contribution in [0.5, 0.6) is 0 Å². The number of carbonyl (C=O) groups excluding carboxylic acids is 1. The van der Waals surface area contributed by atoms with E-state index in [2.05, 4.69) is 5.32 Å². The fourth-order valence-electron chi connectivity index (χ4n) is 1.49. The average molecular weight is 197 g/mol. The van der Waals surface area contributed by atoms with Crippen molar-refractivity contribution in [2.45, 2.75) is 0 Å². The van der Waals surface area contributed by atoms with E-state index in [1.807, 2.05) is 54.7 Å². The van der Waals surface area contributed by atoms with Crippen molar-refractivity contribution in [1.29, 1.82) is 0 Å². The van der Waals surface area contributed by atoms with Crippen LogP contribution in [0.3, 0.4) is 0 Å². The molecule has 0 spiro atoms. The first-order chi connectivity index (χ1) is 7.40. The van der Waals surface area contributed by atoms with Gasteiger partial charge in [-0.15, -0.1) is 0 Å². The Balaban J connectivity index is 2.39. The summed E-state index contributed by atoms with van der Waals surface area (Å²) in [5.74, 6) is 0. The summed E-state index contributed by atoms with van der Waals surface area (Å²) in [5.41, 5.74) is 3.03. The van der Waals surface area contributed by atoms with E-state index in [1.165, 1.54) is 0 Å². The van der Waals surface area contributed by atoms with E-state index in [0.29, 0.717) is 6.41 Å². The van der Waals surface area contributed by atoms with Gasteiger partial charge in [0.25, 0.3) is 0 Å². The summed E-state index contributed by atoms with van der Waals surface area (Å²) < 4.78 is 0. The van der Waals surface area contributed by atoms with Gasteiger partial charge in [-0.2, -0.15) is 0 Å². The summed E-state index contributed by atoms with van der Waals surface area (Å²) in [5, 5.41) is 2.65. The van der Waals surface area contributed by atoms with Gasteiger partial charge in [-0.05, 0) is 23.3 Å². The zero-order chi connectivity index (χ0) is 10.5. The number of nitrogens with one attached hydrogen (secondary N) is 1. The van der Waals surface area contributed by atoms with E-state index >= 15 is 0 Å². The fraction of sp³-hybridized carbons (Fsp3) is 0. The van der Waals surface area contributed by atoms with Crippen molar-refractivity contribution < 1.29 is 4.79 Å². The molecule has 2 rings (SSSR count). The van der Waals surface area contributed by atoms with Crippen LogP contribution >= 0.6 is 0 Å². The Kier molecular flexibility index (Phi) is 2.79. The molecule has 1 N–H and O–H groups in total. The number of hydrogen-bond donors (Lipinski definition) is 1. The lowest BCUT2D eigenvalue weighted by Gasteiger charge is -2.02. The maximum absolute atomic E-state index is 10.4. The second-order valence-corrected chi connectivity index (χ2v) is 3.21. The Bertz CT molecular complexity index is 445. The van der Waals surface area contributed by atoms with Crippen LogP contribution < -0.4 is 5.32 Å². The molecule has 15 heavy (non-hydrogen) atoms. The normalized spacial score (nSPS) is 18.0. The molecule has 2 aliphatic carbocycles. The molecule has 0 saturated heterocycles. The summed E-state index contributed by atoms with van der Waals surface area (Å²) in [6, 6.07) is 0. The SMILES string of the molecule is O=CNC1=CC=CC2=CC=CC=CC2=C1. The number of allylic oxidation sites excluding steroid dienone is 11. The van der Waals surface area contributed by atoms with E-state index in [-0.39, 0.29) is 0 Å². The number of amides is 1. The third kappa shape index (κ3) is 2.23. The van der Waals surface area contributed by atoms with E-state index < -0.39 is 0 Å². The molecule has 0 radical (unpaired) electrons. The van der Waals surface area contributed by atoms with Crippen LogP contribution in [-0.4, -0.2) is 6.41 Å². The second kappa shape index (κ2) is 4.42. The van der Waals surface area contributed by atoms with Gasteiger partial charge in [0, 0.05) is 5.70 Å². The minimum atomic E-state index is 0.685. The molecule has 0 heterocycles. The summed E-state index contributed by atoms with van der Waals surface area (Å²) in [6.07, 6.45) is 18.5. The predicted octanol–water partition coefficient (Wildman–Crippen LogP) is 2.16. The smallest absolute Gasteiger partial charge is 0.211 e. The molecule has 2 aliphatic rings. The number of carbonyl (C=O) groups is 1. The fourth-order valence-corrected chi connectivity index (χ4v) is 1.49. The molecule has 74 valence electrons. The predicted molar refractivity (Wildman–Crippen MR) is 60.9 cm³/mol. The Labute approximate surface area is 88.7 Å². The Morgan fingerprint density at radius 1 is 0.933 bits per heavy atom. The highest BCUT2D eigenvalue weighted by Crippen LogP contribution is 2.20. The molecule has 0 atom stereocenters. The maximum Gasteiger partial charge on any atom is 0.211 e. The highest BCUT2D eigenvalue weighted by molar-refractivity contribution is 5.59. The average Bonchev–Trinajstić information content (AvgIpc) is 2.52. The first-order valence-electron chi connectivity index (χ1n) is 4.76. The quantitative estimate of drug-likeness (QED) is 0.675. The lowest BCUT2D eigenvalue weighted by Crippen LogP contribution is -2.07. The number of fused-ring (bicyclic) bond motifs is 1. The maximum atomic E-state index is 10.4. The molecular weight excluding hydrogens is 186 g/mol. The third-order valence-electron chi connectivity index (χ3n) is 2.20. The van der Waals surface area contributed by atoms with Gasteiger partial charge in [0.2, 0.25) is 6.41 Å². The van der Waals surface area contributed by atoms with Crippen molar-refractivity contribution in [2.24, 2.45) is 0 Å². The zero-order valence-corrected chi connectivity index (χ0v) is 8.18. The van der Waals surface area contributed by atoms with Gasteiger partial charge in [0.05, 0.1) is 0 Å². The molecule has 2 nitrogen and oxygen atoms in total. The van der Waals surface area contributed by atoms with Crippen molar-refractivity contribution in [3.8, 4) is 0 Å². The Hall–Kier alpha value is -2.09. The van der Waals surface area contributed by atoms with Crippen LogP contribution in [0.15, 0.2) is 71.5 Å². The van der Waals surface area contributed by atoms with E-state index in [0.717, 1.165) is 16.8 Å². The molecule has 0 fully saturated rings. The lowest BCUT2D eigenvalue weighted by molar-refractivity contribution is -0.108. The topological polar surface area (TPSA) is 29.1 Å². The van der Waals surface area contributed by atoms with E-state index in [4.69, 9.17) is 0 Å². The molecule has 0 aromatic heterocycles. The van der Waals surface area contributed by atoms with Crippen LogP contribution in [-0.2, 0) is 4.79 Å². The zero-order valence-electron chi connectivity index (χ0n) is 8.18. The number of rotatable bonds is 2. The summed E-state index contributed by atoms with van der Waals surface area (Å²) >= 11 is 0. The van der Waals surface area contributed by atoms with Crippen LogP contribution in [0.1, 0.15) is 0 Å². The van der Waals surface area contributed by atoms with Crippen molar-refractivity contribution in [3.05, 3.63) is 71.5 Å². The first-order valence-corrected chi connectivity index (χ1v) is 4.76. The molecule has 0 saturated carbocycles. The minimum absolute atomic E-state index is 0.685. The van der Waals surface area contributed by atoms with Crippen molar-refractivity contribution >= 4 is 6.41 Å². The highest BCUT2D eigenvalue weighted by atomic mass is 16.1. The van der Waals surface area contributed by atoms with Gasteiger partial charge < -0.3 is 5.32 Å². The van der Waals surface area contributed by atoms with E-state index in [9.17, 15) is 4.79 Å². The molecule has 1 amide bonds. The monoisotopic (exact) mass is 197 g/mol. The van der Waals surface area contributed by atoms with Gasteiger partial charge in [-0.1, -0.05) is 42.5 Å². The van der Waals surface area contributed by atoms with Crippen molar-refractivity contribution in [1.82, 2.24) is 5.32 Å². The molecule has 2 heteroatoms. The molecule has 0 bridgehead atoms. The van der Waals surface area contributed by atoms with Crippen LogP contribution in [0.4, 0.5) is 0 Å².